The summed E-state index contributed by atoms with van der Waals surface area (Å²) >= 11 is 6.37. The van der Waals surface area contributed by atoms with E-state index in [-0.39, 0.29) is 17.2 Å². The first-order valence-corrected chi connectivity index (χ1v) is 6.63. The molecule has 0 atom stereocenters. The maximum atomic E-state index is 13.6. The molecule has 0 saturated carbocycles. The third-order valence-corrected chi connectivity index (χ3v) is 3.22. The van der Waals surface area contributed by atoms with E-state index in [0.29, 0.717) is 8.95 Å². The van der Waals surface area contributed by atoms with Crippen LogP contribution in [-0.2, 0) is 0 Å². The Kier molecular flexibility index (Phi) is 4.16. The molecule has 2 rings (SSSR count). The van der Waals surface area contributed by atoms with Crippen LogP contribution in [0.15, 0.2) is 45.3 Å². The highest BCUT2D eigenvalue weighted by Crippen LogP contribution is 2.35. The number of benzene rings is 2. The predicted octanol–water partition coefficient (Wildman–Crippen LogP) is 5.05. The van der Waals surface area contributed by atoms with Crippen molar-refractivity contribution in [3.05, 3.63) is 61.3 Å². The van der Waals surface area contributed by atoms with Gasteiger partial charge in [-0.05, 0) is 24.3 Å². The minimum Gasteiger partial charge on any atom is -0.447 e. The Morgan fingerprint density at radius 1 is 1.05 bits per heavy atom. The summed E-state index contributed by atoms with van der Waals surface area (Å²) in [6, 6.07) is 8.34. The van der Waals surface area contributed by atoms with E-state index in [1.807, 2.05) is 0 Å². The molecule has 0 bridgehead atoms. The Morgan fingerprint density at radius 3 is 2.26 bits per heavy atom. The fraction of sp³-hybridized carbons (Fsp3) is 0. The SMILES string of the molecule is O=[N+]([O-])c1ccc(Br)cc1Oc1cc(Br)ccc1F. The van der Waals surface area contributed by atoms with E-state index < -0.39 is 10.7 Å². The summed E-state index contributed by atoms with van der Waals surface area (Å²) in [5.74, 6) is -0.718. The van der Waals surface area contributed by atoms with Crippen molar-refractivity contribution in [3.8, 4) is 11.5 Å². The third-order valence-electron chi connectivity index (χ3n) is 2.23. The highest BCUT2D eigenvalue weighted by Gasteiger charge is 2.17. The zero-order valence-corrected chi connectivity index (χ0v) is 12.4. The monoisotopic (exact) mass is 389 g/mol. The summed E-state index contributed by atoms with van der Waals surface area (Å²) < 4.78 is 20.1. The molecule has 0 spiro atoms. The maximum absolute atomic E-state index is 13.6. The number of hydrogen-bond donors (Lipinski definition) is 0. The molecule has 0 aliphatic heterocycles. The molecular formula is C12H6Br2FNO3. The molecule has 0 fully saturated rings. The van der Waals surface area contributed by atoms with Crippen molar-refractivity contribution in [2.75, 3.05) is 0 Å². The van der Waals surface area contributed by atoms with Crippen LogP contribution in [0, 0.1) is 15.9 Å². The van der Waals surface area contributed by atoms with Crippen molar-refractivity contribution in [2.24, 2.45) is 0 Å². The molecule has 0 heterocycles. The molecule has 7 heteroatoms. The molecule has 0 amide bonds. The lowest BCUT2D eigenvalue weighted by molar-refractivity contribution is -0.385. The topological polar surface area (TPSA) is 52.4 Å². The van der Waals surface area contributed by atoms with Gasteiger partial charge in [-0.2, -0.15) is 0 Å². The van der Waals surface area contributed by atoms with Gasteiger partial charge in [0.1, 0.15) is 0 Å². The van der Waals surface area contributed by atoms with Crippen LogP contribution < -0.4 is 4.74 Å². The van der Waals surface area contributed by atoms with Gasteiger partial charge in [0.05, 0.1) is 4.92 Å². The second-order valence-electron chi connectivity index (χ2n) is 3.55. The number of nitro groups is 1. The Labute approximate surface area is 124 Å². The molecule has 19 heavy (non-hydrogen) atoms. The molecule has 0 saturated heterocycles. The van der Waals surface area contributed by atoms with E-state index in [4.69, 9.17) is 4.74 Å². The summed E-state index contributed by atoms with van der Waals surface area (Å²) in [6.07, 6.45) is 0. The molecule has 4 nitrogen and oxygen atoms in total. The highest BCUT2D eigenvalue weighted by molar-refractivity contribution is 9.10. The number of halogens is 3. The molecule has 0 aromatic heterocycles. The van der Waals surface area contributed by atoms with Crippen molar-refractivity contribution in [1.82, 2.24) is 0 Å². The van der Waals surface area contributed by atoms with Crippen LogP contribution in [0.2, 0.25) is 0 Å². The number of nitro benzene ring substituents is 1. The number of rotatable bonds is 3. The van der Waals surface area contributed by atoms with Gasteiger partial charge in [-0.15, -0.1) is 0 Å². The van der Waals surface area contributed by atoms with Gasteiger partial charge in [0, 0.05) is 21.1 Å². The first kappa shape index (κ1) is 14.0. The number of hydrogen-bond acceptors (Lipinski definition) is 3. The smallest absolute Gasteiger partial charge is 0.311 e. The molecule has 2 aromatic rings. The quantitative estimate of drug-likeness (QED) is 0.544. The van der Waals surface area contributed by atoms with Crippen LogP contribution in [0.4, 0.5) is 10.1 Å². The van der Waals surface area contributed by atoms with E-state index in [2.05, 4.69) is 31.9 Å². The van der Waals surface area contributed by atoms with Crippen LogP contribution in [0.25, 0.3) is 0 Å². The van der Waals surface area contributed by atoms with Gasteiger partial charge in [0.25, 0.3) is 0 Å². The summed E-state index contributed by atoms with van der Waals surface area (Å²) in [7, 11) is 0. The number of nitrogens with zero attached hydrogens (tertiary/aromatic N) is 1. The Morgan fingerprint density at radius 2 is 1.63 bits per heavy atom. The zero-order chi connectivity index (χ0) is 14.0. The van der Waals surface area contributed by atoms with Crippen molar-refractivity contribution < 1.29 is 14.1 Å². The van der Waals surface area contributed by atoms with E-state index in [1.165, 1.54) is 36.4 Å². The molecule has 0 N–H and O–H groups in total. The van der Waals surface area contributed by atoms with E-state index in [0.717, 1.165) is 0 Å². The summed E-state index contributed by atoms with van der Waals surface area (Å²) in [5, 5.41) is 10.9. The van der Waals surface area contributed by atoms with Crippen molar-refractivity contribution in [2.45, 2.75) is 0 Å². The Hall–Kier alpha value is -1.47. The van der Waals surface area contributed by atoms with Crippen LogP contribution >= 0.6 is 31.9 Å². The van der Waals surface area contributed by atoms with Crippen molar-refractivity contribution >= 4 is 37.5 Å². The average molecular weight is 391 g/mol. The molecular weight excluding hydrogens is 385 g/mol. The molecule has 0 unspecified atom stereocenters. The molecule has 2 aromatic carbocycles. The van der Waals surface area contributed by atoms with Gasteiger partial charge in [0.2, 0.25) is 5.75 Å². The largest absolute Gasteiger partial charge is 0.447 e. The first-order valence-electron chi connectivity index (χ1n) is 5.04. The average Bonchev–Trinajstić information content (AvgIpc) is 2.33. The lowest BCUT2D eigenvalue weighted by Crippen LogP contribution is -1.95. The second kappa shape index (κ2) is 5.66. The van der Waals surface area contributed by atoms with Gasteiger partial charge in [0.15, 0.2) is 11.6 Å². The Balaban J connectivity index is 2.45. The van der Waals surface area contributed by atoms with Gasteiger partial charge >= 0.3 is 5.69 Å². The zero-order valence-electron chi connectivity index (χ0n) is 9.27. The van der Waals surface area contributed by atoms with Crippen LogP contribution in [0.3, 0.4) is 0 Å². The van der Waals surface area contributed by atoms with Gasteiger partial charge in [-0.1, -0.05) is 31.9 Å². The van der Waals surface area contributed by atoms with Gasteiger partial charge < -0.3 is 4.74 Å². The summed E-state index contributed by atoms with van der Waals surface area (Å²) in [4.78, 5) is 10.3. The maximum Gasteiger partial charge on any atom is 0.311 e. The third kappa shape index (κ3) is 3.30. The van der Waals surface area contributed by atoms with E-state index in [1.54, 1.807) is 0 Å². The summed E-state index contributed by atoms with van der Waals surface area (Å²) in [6.45, 7) is 0. The summed E-state index contributed by atoms with van der Waals surface area (Å²) in [5.41, 5.74) is -0.234. The van der Waals surface area contributed by atoms with Gasteiger partial charge in [-0.25, -0.2) is 4.39 Å². The van der Waals surface area contributed by atoms with Crippen LogP contribution in [0.5, 0.6) is 11.5 Å². The fourth-order valence-corrected chi connectivity index (χ4v) is 2.07. The minimum atomic E-state index is -0.600. The predicted molar refractivity (Wildman–Crippen MR) is 75.0 cm³/mol. The second-order valence-corrected chi connectivity index (χ2v) is 5.38. The normalized spacial score (nSPS) is 10.3. The Bertz CT molecular complexity index is 649. The van der Waals surface area contributed by atoms with Gasteiger partial charge in [-0.3, -0.25) is 10.1 Å². The standard InChI is InChI=1S/C12H6Br2FNO3/c13-7-1-3-9(15)11(5-7)19-12-6-8(14)2-4-10(12)16(17)18/h1-6H. The van der Waals surface area contributed by atoms with Crippen molar-refractivity contribution in [3.63, 3.8) is 0 Å². The first-order chi connectivity index (χ1) is 8.97. The number of ether oxygens (including phenoxy) is 1. The van der Waals surface area contributed by atoms with E-state index in [9.17, 15) is 14.5 Å². The fourth-order valence-electron chi connectivity index (χ4n) is 1.39. The van der Waals surface area contributed by atoms with Crippen molar-refractivity contribution in [1.29, 1.82) is 0 Å². The molecule has 0 radical (unpaired) electrons. The lowest BCUT2D eigenvalue weighted by Gasteiger charge is -2.08. The van der Waals surface area contributed by atoms with E-state index >= 15 is 0 Å². The molecule has 0 aliphatic carbocycles. The van der Waals surface area contributed by atoms with Crippen LogP contribution in [0.1, 0.15) is 0 Å². The minimum absolute atomic E-state index is 0.0311. The highest BCUT2D eigenvalue weighted by atomic mass is 79.9. The molecule has 0 aliphatic rings. The van der Waals surface area contributed by atoms with Crippen LogP contribution in [-0.4, -0.2) is 4.92 Å². The molecule has 98 valence electrons. The lowest BCUT2D eigenvalue weighted by atomic mass is 10.3.